The van der Waals surface area contributed by atoms with Gasteiger partial charge < -0.3 is 14.8 Å². The molecule has 0 unspecified atom stereocenters. The summed E-state index contributed by atoms with van der Waals surface area (Å²) in [6.45, 7) is 0.0836. The third-order valence-corrected chi connectivity index (χ3v) is 3.53. The molecule has 0 bridgehead atoms. The molecule has 0 heterocycles. The Morgan fingerprint density at radius 2 is 1.88 bits per heavy atom. The number of ether oxygens (including phenoxy) is 2. The minimum absolute atomic E-state index is 0.0233. The van der Waals surface area contributed by atoms with Crippen LogP contribution in [-0.2, 0) is 16.0 Å². The zero-order valence-electron chi connectivity index (χ0n) is 14.0. The van der Waals surface area contributed by atoms with Crippen molar-refractivity contribution in [3.8, 4) is 5.75 Å². The van der Waals surface area contributed by atoms with Gasteiger partial charge in [-0.3, -0.25) is 4.79 Å². The van der Waals surface area contributed by atoms with Gasteiger partial charge in [-0.25, -0.2) is 9.18 Å². The largest absolute Gasteiger partial charge is 0.494 e. The van der Waals surface area contributed by atoms with E-state index in [1.165, 1.54) is 24.8 Å². The number of aryl methyl sites for hydroxylation is 1. The van der Waals surface area contributed by atoms with Gasteiger partial charge in [0.1, 0.15) is 0 Å². The van der Waals surface area contributed by atoms with Gasteiger partial charge in [0.15, 0.2) is 18.2 Å². The highest BCUT2D eigenvalue weighted by Gasteiger charge is 2.13. The van der Waals surface area contributed by atoms with Gasteiger partial charge in [0.2, 0.25) is 0 Å². The van der Waals surface area contributed by atoms with E-state index < -0.39 is 24.3 Å². The predicted molar refractivity (Wildman–Crippen MR) is 91.0 cm³/mol. The Morgan fingerprint density at radius 1 is 1.12 bits per heavy atom. The summed E-state index contributed by atoms with van der Waals surface area (Å²) < 4.78 is 23.2. The van der Waals surface area contributed by atoms with Gasteiger partial charge >= 0.3 is 5.97 Å². The van der Waals surface area contributed by atoms with Crippen molar-refractivity contribution in [3.05, 3.63) is 65.5 Å². The molecule has 1 N–H and O–H groups in total. The van der Waals surface area contributed by atoms with E-state index in [2.05, 4.69) is 5.32 Å². The van der Waals surface area contributed by atoms with E-state index in [1.807, 2.05) is 30.3 Å². The molecule has 0 saturated carbocycles. The van der Waals surface area contributed by atoms with Crippen LogP contribution in [0.5, 0.6) is 5.75 Å². The maximum atomic E-state index is 13.5. The first-order valence-electron chi connectivity index (χ1n) is 7.91. The molecule has 2 rings (SSSR count). The van der Waals surface area contributed by atoms with Crippen LogP contribution in [-0.4, -0.2) is 32.1 Å². The molecule has 0 aliphatic heterocycles. The van der Waals surface area contributed by atoms with Crippen LogP contribution in [0.2, 0.25) is 0 Å². The maximum absolute atomic E-state index is 13.5. The Bertz CT molecular complexity index is 719. The minimum atomic E-state index is -0.763. The van der Waals surface area contributed by atoms with E-state index in [4.69, 9.17) is 9.47 Å². The number of hydrogen-bond acceptors (Lipinski definition) is 4. The number of rotatable bonds is 8. The van der Waals surface area contributed by atoms with Crippen LogP contribution in [0.1, 0.15) is 22.3 Å². The minimum Gasteiger partial charge on any atom is -0.494 e. The van der Waals surface area contributed by atoms with E-state index in [-0.39, 0.29) is 11.3 Å². The van der Waals surface area contributed by atoms with Gasteiger partial charge in [-0.15, -0.1) is 0 Å². The first kappa shape index (κ1) is 18.4. The fraction of sp³-hybridized carbons (Fsp3) is 0.263. The molecule has 0 radical (unpaired) electrons. The molecule has 2 aromatic rings. The third-order valence-electron chi connectivity index (χ3n) is 3.53. The number of halogens is 1. The van der Waals surface area contributed by atoms with E-state index in [0.29, 0.717) is 6.54 Å². The second-order valence-corrected chi connectivity index (χ2v) is 5.36. The molecular weight excluding hydrogens is 325 g/mol. The van der Waals surface area contributed by atoms with E-state index in [0.717, 1.165) is 18.9 Å². The number of amides is 1. The molecule has 6 heteroatoms. The highest BCUT2D eigenvalue weighted by Crippen LogP contribution is 2.18. The standard InChI is InChI=1S/C19H20FNO4/c1-24-17-10-9-15(12-16(17)20)19(23)25-13-18(22)21-11-5-8-14-6-3-2-4-7-14/h2-4,6-7,9-10,12H,5,8,11,13H2,1H3,(H,21,22). The summed E-state index contributed by atoms with van der Waals surface area (Å²) in [5.74, 6) is -1.79. The lowest BCUT2D eigenvalue weighted by Crippen LogP contribution is -2.29. The van der Waals surface area contributed by atoms with E-state index in [1.54, 1.807) is 0 Å². The summed E-state index contributed by atoms with van der Waals surface area (Å²) >= 11 is 0. The van der Waals surface area contributed by atoms with Crippen molar-refractivity contribution in [2.24, 2.45) is 0 Å². The number of methoxy groups -OCH3 is 1. The molecule has 2 aromatic carbocycles. The Labute approximate surface area is 145 Å². The van der Waals surface area contributed by atoms with E-state index >= 15 is 0 Å². The van der Waals surface area contributed by atoms with Gasteiger partial charge in [0, 0.05) is 6.54 Å². The van der Waals surface area contributed by atoms with Crippen LogP contribution in [0.3, 0.4) is 0 Å². The molecule has 0 aliphatic carbocycles. The summed E-state index contributed by atoms with van der Waals surface area (Å²) in [6, 6.07) is 13.7. The molecule has 0 saturated heterocycles. The lowest BCUT2D eigenvalue weighted by Gasteiger charge is -2.08. The van der Waals surface area contributed by atoms with Crippen LogP contribution < -0.4 is 10.1 Å². The van der Waals surface area contributed by atoms with Gasteiger partial charge in [-0.2, -0.15) is 0 Å². The fourth-order valence-electron chi connectivity index (χ4n) is 2.22. The number of hydrogen-bond donors (Lipinski definition) is 1. The SMILES string of the molecule is COc1ccc(C(=O)OCC(=O)NCCCc2ccccc2)cc1F. The molecule has 0 atom stereocenters. The summed E-state index contributed by atoms with van der Waals surface area (Å²) in [4.78, 5) is 23.5. The lowest BCUT2D eigenvalue weighted by molar-refractivity contribution is -0.124. The summed E-state index contributed by atoms with van der Waals surface area (Å²) in [5.41, 5.74) is 1.22. The Kier molecular flexibility index (Phi) is 6.95. The topological polar surface area (TPSA) is 64.6 Å². The highest BCUT2D eigenvalue weighted by atomic mass is 19.1. The van der Waals surface area contributed by atoms with Crippen molar-refractivity contribution in [3.63, 3.8) is 0 Å². The smallest absolute Gasteiger partial charge is 0.338 e. The van der Waals surface area contributed by atoms with E-state index in [9.17, 15) is 14.0 Å². The summed E-state index contributed by atoms with van der Waals surface area (Å²) in [7, 11) is 1.33. The number of benzene rings is 2. The molecule has 1 amide bonds. The molecule has 0 aliphatic rings. The van der Waals surface area contributed by atoms with Crippen LogP contribution in [0.25, 0.3) is 0 Å². The molecule has 0 fully saturated rings. The van der Waals surface area contributed by atoms with Crippen LogP contribution >= 0.6 is 0 Å². The zero-order chi connectivity index (χ0) is 18.1. The van der Waals surface area contributed by atoms with Crippen molar-refractivity contribution in [1.82, 2.24) is 5.32 Å². The van der Waals surface area contributed by atoms with Gasteiger partial charge in [-0.1, -0.05) is 30.3 Å². The molecular formula is C19H20FNO4. The van der Waals surface area contributed by atoms with Crippen molar-refractivity contribution in [2.75, 3.05) is 20.3 Å². The second-order valence-electron chi connectivity index (χ2n) is 5.36. The van der Waals surface area contributed by atoms with Crippen molar-refractivity contribution in [1.29, 1.82) is 0 Å². The molecule has 0 spiro atoms. The summed E-state index contributed by atoms with van der Waals surface area (Å²) in [6.07, 6.45) is 1.64. The Hall–Kier alpha value is -2.89. The van der Waals surface area contributed by atoms with Crippen molar-refractivity contribution >= 4 is 11.9 Å². The fourth-order valence-corrected chi connectivity index (χ4v) is 2.22. The van der Waals surface area contributed by atoms with Crippen LogP contribution in [0, 0.1) is 5.82 Å². The predicted octanol–water partition coefficient (Wildman–Crippen LogP) is 2.74. The van der Waals surface area contributed by atoms with Gasteiger partial charge in [-0.05, 0) is 36.6 Å². The lowest BCUT2D eigenvalue weighted by atomic mass is 10.1. The average Bonchev–Trinajstić information content (AvgIpc) is 2.64. The number of carbonyl (C=O) groups is 2. The second kappa shape index (κ2) is 9.42. The Morgan fingerprint density at radius 3 is 2.56 bits per heavy atom. The summed E-state index contributed by atoms with van der Waals surface area (Å²) in [5, 5.41) is 2.68. The normalized spacial score (nSPS) is 10.2. The number of esters is 1. The number of carbonyl (C=O) groups excluding carboxylic acids is 2. The average molecular weight is 345 g/mol. The van der Waals surface area contributed by atoms with Crippen LogP contribution in [0.15, 0.2) is 48.5 Å². The van der Waals surface area contributed by atoms with Gasteiger partial charge in [0.05, 0.1) is 12.7 Å². The quantitative estimate of drug-likeness (QED) is 0.590. The third kappa shape index (κ3) is 5.91. The maximum Gasteiger partial charge on any atom is 0.338 e. The molecule has 0 aromatic heterocycles. The van der Waals surface area contributed by atoms with Crippen molar-refractivity contribution < 1.29 is 23.5 Å². The van der Waals surface area contributed by atoms with Gasteiger partial charge in [0.25, 0.3) is 5.91 Å². The Balaban J connectivity index is 1.69. The zero-order valence-corrected chi connectivity index (χ0v) is 14.0. The van der Waals surface area contributed by atoms with Crippen LogP contribution in [0.4, 0.5) is 4.39 Å². The first-order valence-corrected chi connectivity index (χ1v) is 7.91. The highest BCUT2D eigenvalue weighted by molar-refractivity contribution is 5.91. The molecule has 132 valence electrons. The number of nitrogens with one attached hydrogen (secondary N) is 1. The first-order chi connectivity index (χ1) is 12.1. The van der Waals surface area contributed by atoms with Crippen molar-refractivity contribution in [2.45, 2.75) is 12.8 Å². The monoisotopic (exact) mass is 345 g/mol. The molecule has 5 nitrogen and oxygen atoms in total. The molecule has 25 heavy (non-hydrogen) atoms.